The Kier molecular flexibility index (Phi) is 3.11. The zero-order valence-electron chi connectivity index (χ0n) is 11.1. The van der Waals surface area contributed by atoms with Crippen molar-refractivity contribution in [2.24, 2.45) is 11.8 Å². The number of hydrogen-bond acceptors (Lipinski definition) is 3. The van der Waals surface area contributed by atoms with Crippen molar-refractivity contribution in [3.63, 3.8) is 0 Å². The average molecular weight is 258 g/mol. The van der Waals surface area contributed by atoms with Gasteiger partial charge in [0.15, 0.2) is 0 Å². The molecule has 1 saturated carbocycles. The first-order valence-corrected chi connectivity index (χ1v) is 6.82. The lowest BCUT2D eigenvalue weighted by molar-refractivity contribution is -0.132. The first-order chi connectivity index (χ1) is 9.20. The number of benzene rings is 1. The number of piperidine rings is 1. The maximum Gasteiger partial charge on any atom is 0.236 e. The third kappa shape index (κ3) is 2.06. The zero-order valence-corrected chi connectivity index (χ0v) is 11.1. The van der Waals surface area contributed by atoms with Crippen LogP contribution in [0.1, 0.15) is 24.8 Å². The van der Waals surface area contributed by atoms with Crippen molar-refractivity contribution in [3.8, 4) is 0 Å². The van der Waals surface area contributed by atoms with Crippen LogP contribution in [0.5, 0.6) is 0 Å². The standard InChI is InChI=1S/C15H18N2O2/c1-16-9-10-2-6-13(7-3-10)17-14(18)11-4-5-12(8-11)15(17)19/h2-3,6-7,11-12,16H,4-5,8-9H2,1H3. The predicted octanol–water partition coefficient (Wildman–Crippen LogP) is 1.70. The van der Waals surface area contributed by atoms with Crippen molar-refractivity contribution in [2.45, 2.75) is 25.8 Å². The van der Waals surface area contributed by atoms with E-state index in [9.17, 15) is 9.59 Å². The van der Waals surface area contributed by atoms with Gasteiger partial charge in [-0.3, -0.25) is 14.5 Å². The Hall–Kier alpha value is -1.68. The molecule has 1 saturated heterocycles. The van der Waals surface area contributed by atoms with Crippen molar-refractivity contribution in [3.05, 3.63) is 29.8 Å². The smallest absolute Gasteiger partial charge is 0.236 e. The highest BCUT2D eigenvalue weighted by Crippen LogP contribution is 2.39. The normalized spacial score (nSPS) is 26.1. The van der Waals surface area contributed by atoms with Gasteiger partial charge in [-0.15, -0.1) is 0 Å². The summed E-state index contributed by atoms with van der Waals surface area (Å²) in [6.45, 7) is 0.785. The van der Waals surface area contributed by atoms with E-state index in [-0.39, 0.29) is 23.7 Å². The lowest BCUT2D eigenvalue weighted by Gasteiger charge is -2.29. The number of rotatable bonds is 3. The van der Waals surface area contributed by atoms with E-state index in [4.69, 9.17) is 0 Å². The molecule has 2 unspecified atom stereocenters. The van der Waals surface area contributed by atoms with Crippen LogP contribution >= 0.6 is 0 Å². The quantitative estimate of drug-likeness (QED) is 0.839. The predicted molar refractivity (Wildman–Crippen MR) is 72.5 cm³/mol. The highest BCUT2D eigenvalue weighted by molar-refractivity contribution is 6.18. The Morgan fingerprint density at radius 3 is 2.21 bits per heavy atom. The molecule has 2 amide bonds. The third-order valence-corrected chi connectivity index (χ3v) is 4.15. The van der Waals surface area contributed by atoms with E-state index in [1.54, 1.807) is 0 Å². The minimum Gasteiger partial charge on any atom is -0.316 e. The number of nitrogens with zero attached hydrogens (tertiary/aromatic N) is 1. The fourth-order valence-electron chi connectivity index (χ4n) is 3.13. The number of fused-ring (bicyclic) bond motifs is 2. The Morgan fingerprint density at radius 1 is 1.11 bits per heavy atom. The summed E-state index contributed by atoms with van der Waals surface area (Å²) in [4.78, 5) is 26.0. The number of carbonyl (C=O) groups is 2. The molecular formula is C15H18N2O2. The summed E-state index contributed by atoms with van der Waals surface area (Å²) in [5.41, 5.74) is 1.86. The molecule has 2 aliphatic rings. The minimum atomic E-state index is -0.0138. The highest BCUT2D eigenvalue weighted by Gasteiger charge is 2.45. The van der Waals surface area contributed by atoms with Gasteiger partial charge in [0.2, 0.25) is 11.8 Å². The number of carbonyl (C=O) groups excluding carboxylic acids is 2. The fourth-order valence-corrected chi connectivity index (χ4v) is 3.13. The Balaban J connectivity index is 1.88. The molecule has 2 fully saturated rings. The molecule has 19 heavy (non-hydrogen) atoms. The Morgan fingerprint density at radius 2 is 1.68 bits per heavy atom. The van der Waals surface area contributed by atoms with Crippen LogP contribution in [0.2, 0.25) is 0 Å². The summed E-state index contributed by atoms with van der Waals surface area (Å²) in [6.07, 6.45) is 2.49. The van der Waals surface area contributed by atoms with E-state index in [0.29, 0.717) is 5.69 Å². The van der Waals surface area contributed by atoms with Gasteiger partial charge in [0, 0.05) is 18.4 Å². The zero-order chi connectivity index (χ0) is 13.4. The average Bonchev–Trinajstić information content (AvgIpc) is 2.86. The second kappa shape index (κ2) is 4.78. The molecule has 1 heterocycles. The largest absolute Gasteiger partial charge is 0.316 e. The summed E-state index contributed by atoms with van der Waals surface area (Å²) < 4.78 is 0. The molecule has 100 valence electrons. The molecule has 4 heteroatoms. The molecule has 1 aromatic carbocycles. The topological polar surface area (TPSA) is 49.4 Å². The van der Waals surface area contributed by atoms with Gasteiger partial charge in [-0.1, -0.05) is 12.1 Å². The summed E-state index contributed by atoms with van der Waals surface area (Å²) in [6, 6.07) is 7.66. The van der Waals surface area contributed by atoms with Crippen molar-refractivity contribution >= 4 is 17.5 Å². The molecule has 1 N–H and O–H groups in total. The molecule has 1 aromatic rings. The second-order valence-electron chi connectivity index (χ2n) is 5.42. The molecule has 2 atom stereocenters. The van der Waals surface area contributed by atoms with Gasteiger partial charge >= 0.3 is 0 Å². The first-order valence-electron chi connectivity index (χ1n) is 6.82. The molecule has 0 aromatic heterocycles. The van der Waals surface area contributed by atoms with Crippen molar-refractivity contribution < 1.29 is 9.59 Å². The fraction of sp³-hybridized carbons (Fsp3) is 0.467. The van der Waals surface area contributed by atoms with Crippen molar-refractivity contribution in [2.75, 3.05) is 11.9 Å². The lowest BCUT2D eigenvalue weighted by Crippen LogP contribution is -2.46. The van der Waals surface area contributed by atoms with Crippen LogP contribution in [0.4, 0.5) is 5.69 Å². The van der Waals surface area contributed by atoms with Crippen LogP contribution < -0.4 is 10.2 Å². The molecule has 0 radical (unpaired) electrons. The van der Waals surface area contributed by atoms with Gasteiger partial charge in [0.25, 0.3) is 0 Å². The van der Waals surface area contributed by atoms with E-state index in [0.717, 1.165) is 31.4 Å². The summed E-state index contributed by atoms with van der Waals surface area (Å²) in [5, 5.41) is 3.08. The van der Waals surface area contributed by atoms with E-state index in [2.05, 4.69) is 5.32 Å². The number of nitrogens with one attached hydrogen (secondary N) is 1. The molecular weight excluding hydrogens is 240 g/mol. The SMILES string of the molecule is CNCc1ccc(N2C(=O)C3CCC(C3)C2=O)cc1. The number of imide groups is 1. The number of anilines is 1. The molecule has 3 rings (SSSR count). The summed E-state index contributed by atoms with van der Waals surface area (Å²) in [7, 11) is 1.89. The summed E-state index contributed by atoms with van der Waals surface area (Å²) >= 11 is 0. The van der Waals surface area contributed by atoms with Crippen LogP contribution in [-0.4, -0.2) is 18.9 Å². The lowest BCUT2D eigenvalue weighted by atomic mass is 9.96. The second-order valence-corrected chi connectivity index (χ2v) is 5.42. The maximum atomic E-state index is 12.3. The van der Waals surface area contributed by atoms with Crippen LogP contribution in [0, 0.1) is 11.8 Å². The van der Waals surface area contributed by atoms with Crippen molar-refractivity contribution in [1.29, 1.82) is 0 Å². The summed E-state index contributed by atoms with van der Waals surface area (Å²) in [5.74, 6) is 0.0830. The minimum absolute atomic E-state index is 0.0138. The van der Waals surface area contributed by atoms with Crippen LogP contribution in [0.15, 0.2) is 24.3 Å². The molecule has 1 aliphatic carbocycles. The Labute approximate surface area is 112 Å². The molecule has 2 bridgehead atoms. The molecule has 0 spiro atoms. The van der Waals surface area contributed by atoms with E-state index in [1.807, 2.05) is 31.3 Å². The monoisotopic (exact) mass is 258 g/mol. The van der Waals surface area contributed by atoms with Gasteiger partial charge in [0.1, 0.15) is 0 Å². The van der Waals surface area contributed by atoms with Crippen LogP contribution in [0.3, 0.4) is 0 Å². The maximum absolute atomic E-state index is 12.3. The Bertz CT molecular complexity index is 487. The third-order valence-electron chi connectivity index (χ3n) is 4.15. The van der Waals surface area contributed by atoms with Gasteiger partial charge in [0.05, 0.1) is 5.69 Å². The first kappa shape index (κ1) is 12.4. The van der Waals surface area contributed by atoms with Gasteiger partial charge < -0.3 is 5.32 Å². The van der Waals surface area contributed by atoms with Gasteiger partial charge in [-0.25, -0.2) is 0 Å². The van der Waals surface area contributed by atoms with E-state index < -0.39 is 0 Å². The number of amides is 2. The van der Waals surface area contributed by atoms with Crippen molar-refractivity contribution in [1.82, 2.24) is 5.32 Å². The van der Waals surface area contributed by atoms with E-state index in [1.165, 1.54) is 4.90 Å². The van der Waals surface area contributed by atoms with Gasteiger partial charge in [-0.2, -0.15) is 0 Å². The molecule has 4 nitrogen and oxygen atoms in total. The molecule has 1 aliphatic heterocycles. The van der Waals surface area contributed by atoms with Crippen LogP contribution in [-0.2, 0) is 16.1 Å². The number of hydrogen-bond donors (Lipinski definition) is 1. The van der Waals surface area contributed by atoms with Crippen LogP contribution in [0.25, 0.3) is 0 Å². The van der Waals surface area contributed by atoms with E-state index >= 15 is 0 Å². The highest BCUT2D eigenvalue weighted by atomic mass is 16.2. The van der Waals surface area contributed by atoms with Gasteiger partial charge in [-0.05, 0) is 44.0 Å².